The fraction of sp³-hybridized carbons (Fsp3) is 0.353. The van der Waals surface area contributed by atoms with Crippen LogP contribution < -0.4 is 5.32 Å². The number of hydrogen-bond donors (Lipinski definition) is 1. The lowest BCUT2D eigenvalue weighted by atomic mass is 10.2. The van der Waals surface area contributed by atoms with Crippen molar-refractivity contribution in [3.8, 4) is 0 Å². The molecular weight excluding hydrogens is 312 g/mol. The van der Waals surface area contributed by atoms with Crippen molar-refractivity contribution in [3.63, 3.8) is 0 Å². The standard InChI is InChI=1S/C17H20N2OS2/c20-17(8-7-14-5-3-11-21-14)18-13-15(16-6-4-12-22-16)19-9-1-2-10-19/h3-8,11-12,15H,1-2,9-10,13H2,(H,18,20). The van der Waals surface area contributed by atoms with E-state index >= 15 is 0 Å². The number of likely N-dealkylation sites (tertiary alicyclic amines) is 1. The zero-order valence-electron chi connectivity index (χ0n) is 12.4. The summed E-state index contributed by atoms with van der Waals surface area (Å²) in [5.74, 6) is -0.0193. The van der Waals surface area contributed by atoms with Crippen molar-refractivity contribution in [2.45, 2.75) is 18.9 Å². The Bertz CT molecular complexity index is 599. The van der Waals surface area contributed by atoms with Crippen molar-refractivity contribution in [3.05, 3.63) is 50.9 Å². The van der Waals surface area contributed by atoms with Gasteiger partial charge in [-0.05, 0) is 54.9 Å². The van der Waals surface area contributed by atoms with Crippen molar-refractivity contribution in [2.75, 3.05) is 19.6 Å². The number of rotatable bonds is 6. The smallest absolute Gasteiger partial charge is 0.244 e. The SMILES string of the molecule is O=C(C=Cc1cccs1)NCC(c1cccs1)N1CCCC1. The van der Waals surface area contributed by atoms with Crippen LogP contribution >= 0.6 is 22.7 Å². The highest BCUT2D eigenvalue weighted by molar-refractivity contribution is 7.10. The molecule has 2 aromatic rings. The molecule has 1 aliphatic rings. The van der Waals surface area contributed by atoms with Crippen LogP contribution in [0.2, 0.25) is 0 Å². The molecule has 1 atom stereocenters. The van der Waals surface area contributed by atoms with Crippen LogP contribution in [-0.4, -0.2) is 30.4 Å². The van der Waals surface area contributed by atoms with Crippen LogP contribution in [0.5, 0.6) is 0 Å². The molecule has 1 unspecified atom stereocenters. The number of hydrogen-bond acceptors (Lipinski definition) is 4. The monoisotopic (exact) mass is 332 g/mol. The van der Waals surface area contributed by atoms with Gasteiger partial charge in [0, 0.05) is 22.4 Å². The number of carbonyl (C=O) groups excluding carboxylic acids is 1. The Morgan fingerprint density at radius 3 is 2.68 bits per heavy atom. The molecule has 1 aliphatic heterocycles. The van der Waals surface area contributed by atoms with Gasteiger partial charge in [-0.1, -0.05) is 12.1 Å². The highest BCUT2D eigenvalue weighted by Gasteiger charge is 2.24. The number of carbonyl (C=O) groups is 1. The molecule has 22 heavy (non-hydrogen) atoms. The highest BCUT2D eigenvalue weighted by Crippen LogP contribution is 2.27. The molecule has 0 saturated carbocycles. The minimum atomic E-state index is -0.0193. The van der Waals surface area contributed by atoms with Crippen molar-refractivity contribution >= 4 is 34.7 Å². The first kappa shape index (κ1) is 15.5. The second-order valence-corrected chi connectivity index (χ2v) is 7.33. The van der Waals surface area contributed by atoms with Crippen molar-refractivity contribution in [1.29, 1.82) is 0 Å². The van der Waals surface area contributed by atoms with Crippen molar-refractivity contribution in [1.82, 2.24) is 10.2 Å². The van der Waals surface area contributed by atoms with E-state index in [2.05, 4.69) is 27.7 Å². The van der Waals surface area contributed by atoms with Crippen LogP contribution in [-0.2, 0) is 4.79 Å². The van der Waals surface area contributed by atoms with E-state index in [0.717, 1.165) is 18.0 Å². The minimum absolute atomic E-state index is 0.0193. The van der Waals surface area contributed by atoms with Gasteiger partial charge in [0.05, 0.1) is 6.04 Å². The Labute approximate surface area is 139 Å². The van der Waals surface area contributed by atoms with Crippen molar-refractivity contribution in [2.24, 2.45) is 0 Å². The van der Waals surface area contributed by atoms with Gasteiger partial charge in [0.15, 0.2) is 0 Å². The van der Waals surface area contributed by atoms with E-state index in [0.29, 0.717) is 12.6 Å². The Morgan fingerprint density at radius 2 is 2.00 bits per heavy atom. The van der Waals surface area contributed by atoms with Crippen LogP contribution in [0.25, 0.3) is 6.08 Å². The first-order valence-electron chi connectivity index (χ1n) is 7.60. The molecule has 0 radical (unpaired) electrons. The maximum atomic E-state index is 12.0. The molecule has 1 fully saturated rings. The molecule has 1 amide bonds. The van der Waals surface area contributed by atoms with E-state index < -0.39 is 0 Å². The Morgan fingerprint density at radius 1 is 1.23 bits per heavy atom. The molecule has 1 N–H and O–H groups in total. The van der Waals surface area contributed by atoms with Gasteiger partial charge in [-0.15, -0.1) is 22.7 Å². The average Bonchev–Trinajstić information content (AvgIpc) is 3.27. The van der Waals surface area contributed by atoms with Crippen LogP contribution in [0.4, 0.5) is 0 Å². The first-order chi connectivity index (χ1) is 10.8. The van der Waals surface area contributed by atoms with Crippen LogP contribution in [0.1, 0.15) is 28.6 Å². The topological polar surface area (TPSA) is 32.3 Å². The second-order valence-electron chi connectivity index (χ2n) is 5.37. The molecular formula is C17H20N2OS2. The fourth-order valence-corrected chi connectivity index (χ4v) is 4.22. The predicted molar refractivity (Wildman–Crippen MR) is 94.2 cm³/mol. The Balaban J connectivity index is 1.58. The number of thiophene rings is 2. The summed E-state index contributed by atoms with van der Waals surface area (Å²) in [6, 6.07) is 8.56. The average molecular weight is 332 g/mol. The number of nitrogens with one attached hydrogen (secondary N) is 1. The summed E-state index contributed by atoms with van der Waals surface area (Å²) in [7, 11) is 0. The van der Waals surface area contributed by atoms with E-state index in [1.165, 1.54) is 17.7 Å². The van der Waals surface area contributed by atoms with E-state index in [4.69, 9.17) is 0 Å². The zero-order valence-corrected chi connectivity index (χ0v) is 14.0. The molecule has 3 heterocycles. The largest absolute Gasteiger partial charge is 0.351 e. The molecule has 3 rings (SSSR count). The fourth-order valence-electron chi connectivity index (χ4n) is 2.74. The van der Waals surface area contributed by atoms with Gasteiger partial charge in [-0.2, -0.15) is 0 Å². The number of nitrogens with zero attached hydrogens (tertiary/aromatic N) is 1. The van der Waals surface area contributed by atoms with Gasteiger partial charge in [-0.3, -0.25) is 9.69 Å². The molecule has 0 aromatic carbocycles. The molecule has 0 bridgehead atoms. The van der Waals surface area contributed by atoms with E-state index in [9.17, 15) is 4.79 Å². The van der Waals surface area contributed by atoms with Gasteiger partial charge >= 0.3 is 0 Å². The second kappa shape index (κ2) is 7.72. The summed E-state index contributed by atoms with van der Waals surface area (Å²) in [4.78, 5) is 16.9. The zero-order chi connectivity index (χ0) is 15.2. The van der Waals surface area contributed by atoms with Crippen LogP contribution in [0.15, 0.2) is 41.1 Å². The first-order valence-corrected chi connectivity index (χ1v) is 9.36. The summed E-state index contributed by atoms with van der Waals surface area (Å²) in [5, 5.41) is 7.17. The quantitative estimate of drug-likeness (QED) is 0.817. The lowest BCUT2D eigenvalue weighted by Crippen LogP contribution is -2.35. The molecule has 5 heteroatoms. The summed E-state index contributed by atoms with van der Waals surface area (Å²) < 4.78 is 0. The molecule has 1 saturated heterocycles. The van der Waals surface area contributed by atoms with Gasteiger partial charge in [-0.25, -0.2) is 0 Å². The summed E-state index contributed by atoms with van der Waals surface area (Å²) in [6.07, 6.45) is 6.01. The molecule has 0 spiro atoms. The maximum absolute atomic E-state index is 12.0. The Kier molecular flexibility index (Phi) is 5.43. The maximum Gasteiger partial charge on any atom is 0.244 e. The van der Waals surface area contributed by atoms with Crippen molar-refractivity contribution < 1.29 is 4.79 Å². The lowest BCUT2D eigenvalue weighted by molar-refractivity contribution is -0.116. The third kappa shape index (κ3) is 4.06. The molecule has 0 aliphatic carbocycles. The van der Waals surface area contributed by atoms with E-state index in [1.807, 2.05) is 23.6 Å². The van der Waals surface area contributed by atoms with Gasteiger partial charge in [0.2, 0.25) is 5.91 Å². The van der Waals surface area contributed by atoms with Crippen LogP contribution in [0, 0.1) is 0 Å². The highest BCUT2D eigenvalue weighted by atomic mass is 32.1. The van der Waals surface area contributed by atoms with E-state index in [-0.39, 0.29) is 5.91 Å². The molecule has 116 valence electrons. The third-order valence-electron chi connectivity index (χ3n) is 3.86. The molecule has 3 nitrogen and oxygen atoms in total. The van der Waals surface area contributed by atoms with Gasteiger partial charge in [0.1, 0.15) is 0 Å². The predicted octanol–water partition coefficient (Wildman–Crippen LogP) is 3.78. The Hall–Kier alpha value is -1.43. The summed E-state index contributed by atoms with van der Waals surface area (Å²) >= 11 is 3.41. The summed E-state index contributed by atoms with van der Waals surface area (Å²) in [5.41, 5.74) is 0. The minimum Gasteiger partial charge on any atom is -0.351 e. The third-order valence-corrected chi connectivity index (χ3v) is 5.68. The normalized spacial score (nSPS) is 17.1. The van der Waals surface area contributed by atoms with Crippen LogP contribution in [0.3, 0.4) is 0 Å². The molecule has 2 aromatic heterocycles. The summed E-state index contributed by atoms with van der Waals surface area (Å²) in [6.45, 7) is 2.93. The van der Waals surface area contributed by atoms with Gasteiger partial charge in [0.25, 0.3) is 0 Å². The number of amides is 1. The van der Waals surface area contributed by atoms with Gasteiger partial charge < -0.3 is 5.32 Å². The lowest BCUT2D eigenvalue weighted by Gasteiger charge is -2.26. The van der Waals surface area contributed by atoms with E-state index in [1.54, 1.807) is 28.7 Å².